The normalized spacial score (nSPS) is 12.4. The van der Waals surface area contributed by atoms with Crippen molar-refractivity contribution in [2.75, 3.05) is 0 Å². The summed E-state index contributed by atoms with van der Waals surface area (Å²) in [6, 6.07) is 41.7. The zero-order chi connectivity index (χ0) is 27.7. The quantitative estimate of drug-likeness (QED) is 0.202. The zero-order valence-corrected chi connectivity index (χ0v) is 23.2. The number of allylic oxidation sites excluding steroid dienone is 3. The van der Waals surface area contributed by atoms with Crippen molar-refractivity contribution in [3.63, 3.8) is 0 Å². The molecule has 8 aromatic rings. The molecule has 0 N–H and O–H groups in total. The minimum atomic E-state index is 1.14. The van der Waals surface area contributed by atoms with Gasteiger partial charge in [-0.3, -0.25) is 0 Å². The Morgan fingerprint density at radius 3 is 1.98 bits per heavy atom. The zero-order valence-electron chi connectivity index (χ0n) is 23.2. The van der Waals surface area contributed by atoms with Crippen LogP contribution >= 0.6 is 0 Å². The van der Waals surface area contributed by atoms with Crippen LogP contribution in [-0.4, -0.2) is 13.7 Å². The second-order valence-electron chi connectivity index (χ2n) is 10.8. The van der Waals surface area contributed by atoms with E-state index in [9.17, 15) is 0 Å². The van der Waals surface area contributed by atoms with Gasteiger partial charge in [-0.25, -0.2) is 0 Å². The average molecular weight is 528 g/mol. The van der Waals surface area contributed by atoms with Gasteiger partial charge in [-0.15, -0.1) is 0 Å². The second-order valence-corrected chi connectivity index (χ2v) is 10.8. The number of aromatic nitrogens is 3. The maximum atomic E-state index is 4.02. The van der Waals surface area contributed by atoms with Gasteiger partial charge in [0.2, 0.25) is 0 Å². The number of hydrogen-bond acceptors (Lipinski definition) is 0. The van der Waals surface area contributed by atoms with E-state index in [1.807, 2.05) is 6.08 Å². The van der Waals surface area contributed by atoms with Crippen molar-refractivity contribution in [1.82, 2.24) is 13.7 Å². The first-order valence-corrected chi connectivity index (χ1v) is 14.1. The molecule has 0 radical (unpaired) electrons. The summed E-state index contributed by atoms with van der Waals surface area (Å²) in [4.78, 5) is 0. The Bertz CT molecular complexity index is 2340. The van der Waals surface area contributed by atoms with Crippen molar-refractivity contribution < 1.29 is 0 Å². The predicted octanol–water partition coefficient (Wildman–Crippen LogP) is 10.2. The van der Waals surface area contributed by atoms with Crippen molar-refractivity contribution in [3.8, 4) is 11.4 Å². The predicted molar refractivity (Wildman–Crippen MR) is 175 cm³/mol. The molecule has 3 aromatic heterocycles. The second kappa shape index (κ2) is 8.87. The molecule has 196 valence electrons. The molecule has 3 nitrogen and oxygen atoms in total. The van der Waals surface area contributed by atoms with Crippen LogP contribution in [0.2, 0.25) is 0 Å². The highest BCUT2D eigenvalue weighted by molar-refractivity contribution is 6.24. The first kappa shape index (κ1) is 23.6. The molecule has 0 saturated carbocycles. The van der Waals surface area contributed by atoms with Gasteiger partial charge >= 0.3 is 0 Å². The lowest BCUT2D eigenvalue weighted by molar-refractivity contribution is 1.15. The molecular weight excluding hydrogens is 498 g/mol. The van der Waals surface area contributed by atoms with E-state index < -0.39 is 0 Å². The van der Waals surface area contributed by atoms with E-state index in [1.54, 1.807) is 0 Å². The molecule has 0 spiro atoms. The molecule has 41 heavy (non-hydrogen) atoms. The molecular formula is C38H29N3. The van der Waals surface area contributed by atoms with E-state index in [0.717, 1.165) is 11.4 Å². The summed E-state index contributed by atoms with van der Waals surface area (Å²) in [7, 11) is 0. The van der Waals surface area contributed by atoms with Gasteiger partial charge in [-0.1, -0.05) is 85.5 Å². The fraction of sp³-hybridized carbons (Fsp3) is 0.0526. The maximum Gasteiger partial charge on any atom is 0.0804 e. The number of benzene rings is 5. The van der Waals surface area contributed by atoms with Crippen molar-refractivity contribution >= 4 is 60.3 Å². The van der Waals surface area contributed by atoms with Gasteiger partial charge in [0.15, 0.2) is 0 Å². The molecule has 0 amide bonds. The summed E-state index contributed by atoms with van der Waals surface area (Å²) in [5, 5.41) is 4.96. The highest BCUT2D eigenvalue weighted by Crippen LogP contribution is 2.44. The summed E-state index contributed by atoms with van der Waals surface area (Å²) >= 11 is 0. The van der Waals surface area contributed by atoms with Crippen molar-refractivity contribution in [2.45, 2.75) is 13.8 Å². The van der Waals surface area contributed by atoms with Crippen LogP contribution in [0.4, 0.5) is 0 Å². The molecule has 3 heterocycles. The first-order chi connectivity index (χ1) is 20.2. The molecule has 5 aromatic carbocycles. The SMILES string of the molecule is C=C/C=C(\C)n1c2cc3c4ccccc4n(-c4ccccc4C)c3cc2c2c1c1ccccc1n2-c1ccccc1. The summed E-state index contributed by atoms with van der Waals surface area (Å²) < 4.78 is 7.29. The van der Waals surface area contributed by atoms with Gasteiger partial charge in [0.1, 0.15) is 0 Å². The lowest BCUT2D eigenvalue weighted by atomic mass is 10.1. The van der Waals surface area contributed by atoms with E-state index in [-0.39, 0.29) is 0 Å². The number of rotatable bonds is 4. The topological polar surface area (TPSA) is 14.8 Å². The molecule has 3 heteroatoms. The Hall–Kier alpha value is -5.28. The summed E-state index contributed by atoms with van der Waals surface area (Å²) in [6.45, 7) is 8.39. The molecule has 0 aliphatic carbocycles. The lowest BCUT2D eigenvalue weighted by Crippen LogP contribution is -1.97. The number of fused-ring (bicyclic) bond motifs is 8. The average Bonchev–Trinajstić information content (AvgIpc) is 3.62. The van der Waals surface area contributed by atoms with Gasteiger partial charge in [-0.05, 0) is 68.0 Å². The monoisotopic (exact) mass is 527 g/mol. The van der Waals surface area contributed by atoms with Crippen LogP contribution in [0, 0.1) is 6.92 Å². The molecule has 8 rings (SSSR count). The number of para-hydroxylation sites is 4. The van der Waals surface area contributed by atoms with Crippen molar-refractivity contribution in [3.05, 3.63) is 140 Å². The van der Waals surface area contributed by atoms with Crippen LogP contribution in [0.3, 0.4) is 0 Å². The summed E-state index contributed by atoms with van der Waals surface area (Å²) in [5.74, 6) is 0. The number of nitrogens with zero attached hydrogens (tertiary/aromatic N) is 3. The minimum absolute atomic E-state index is 1.14. The molecule has 0 fully saturated rings. The van der Waals surface area contributed by atoms with Crippen LogP contribution in [0.25, 0.3) is 71.7 Å². The fourth-order valence-corrected chi connectivity index (χ4v) is 6.73. The third kappa shape index (κ3) is 3.26. The van der Waals surface area contributed by atoms with Crippen molar-refractivity contribution in [1.29, 1.82) is 0 Å². The largest absolute Gasteiger partial charge is 0.311 e. The Labute approximate surface area is 238 Å². The van der Waals surface area contributed by atoms with E-state index in [4.69, 9.17) is 0 Å². The first-order valence-electron chi connectivity index (χ1n) is 14.1. The molecule has 0 atom stereocenters. The van der Waals surface area contributed by atoms with Gasteiger partial charge < -0.3 is 13.7 Å². The molecule has 0 aliphatic heterocycles. The summed E-state index contributed by atoms with van der Waals surface area (Å²) in [6.07, 6.45) is 3.99. The van der Waals surface area contributed by atoms with Crippen LogP contribution in [0.15, 0.2) is 134 Å². The van der Waals surface area contributed by atoms with E-state index >= 15 is 0 Å². The van der Waals surface area contributed by atoms with Crippen LogP contribution in [0.5, 0.6) is 0 Å². The molecule has 0 aliphatic rings. The third-order valence-electron chi connectivity index (χ3n) is 8.44. The number of aryl methyl sites for hydroxylation is 1. The van der Waals surface area contributed by atoms with E-state index in [0.29, 0.717) is 0 Å². The Morgan fingerprint density at radius 1 is 0.585 bits per heavy atom. The fourth-order valence-electron chi connectivity index (χ4n) is 6.73. The standard InChI is InChI=1S/C38H29N3/c1-4-14-26(3)39-36-23-30-28-18-9-12-21-33(28)41(32-20-11-8-15-25(32)2)35(30)24-31(36)38-37(39)29-19-10-13-22-34(29)40(38)27-16-6-5-7-17-27/h4-24H,1H2,2-3H3/b26-14+. The Balaban J connectivity index is 1.65. The molecule has 0 saturated heterocycles. The van der Waals surface area contributed by atoms with Gasteiger partial charge in [0, 0.05) is 38.6 Å². The van der Waals surface area contributed by atoms with Crippen LogP contribution in [0.1, 0.15) is 12.5 Å². The Morgan fingerprint density at radius 2 is 1.22 bits per heavy atom. The summed E-state index contributed by atoms with van der Waals surface area (Å²) in [5.41, 5.74) is 12.0. The van der Waals surface area contributed by atoms with Gasteiger partial charge in [0.25, 0.3) is 0 Å². The van der Waals surface area contributed by atoms with Gasteiger partial charge in [0.05, 0.1) is 33.1 Å². The lowest BCUT2D eigenvalue weighted by Gasteiger charge is -2.12. The maximum absolute atomic E-state index is 4.02. The van der Waals surface area contributed by atoms with Crippen LogP contribution in [-0.2, 0) is 0 Å². The molecule has 0 bridgehead atoms. The number of hydrogen-bond donors (Lipinski definition) is 0. The highest BCUT2D eigenvalue weighted by atomic mass is 15.1. The third-order valence-corrected chi connectivity index (χ3v) is 8.44. The smallest absolute Gasteiger partial charge is 0.0804 e. The highest BCUT2D eigenvalue weighted by Gasteiger charge is 2.24. The molecule has 0 unspecified atom stereocenters. The van der Waals surface area contributed by atoms with E-state index in [2.05, 4.69) is 155 Å². The van der Waals surface area contributed by atoms with Gasteiger partial charge in [-0.2, -0.15) is 0 Å². The Kier molecular flexibility index (Phi) is 5.10. The minimum Gasteiger partial charge on any atom is -0.311 e. The van der Waals surface area contributed by atoms with E-state index in [1.165, 1.54) is 65.9 Å². The van der Waals surface area contributed by atoms with Crippen LogP contribution < -0.4 is 0 Å². The van der Waals surface area contributed by atoms with Crippen molar-refractivity contribution in [2.24, 2.45) is 0 Å².